The highest BCUT2D eigenvalue weighted by molar-refractivity contribution is 6.30. The minimum atomic E-state index is 0.587. The van der Waals surface area contributed by atoms with Crippen LogP contribution in [0.3, 0.4) is 0 Å². The lowest BCUT2D eigenvalue weighted by Crippen LogP contribution is -1.72. The molecule has 0 atom stereocenters. The molecule has 1 nitrogen and oxygen atoms in total. The molecule has 13 heavy (non-hydrogen) atoms. The number of benzene rings is 1. The zero-order chi connectivity index (χ0) is 9.52. The quantitative estimate of drug-likeness (QED) is 0.531. The van der Waals surface area contributed by atoms with Gasteiger partial charge in [0.15, 0.2) is 0 Å². The van der Waals surface area contributed by atoms with E-state index in [0.717, 1.165) is 23.3 Å². The van der Waals surface area contributed by atoms with Gasteiger partial charge in [0.1, 0.15) is 6.29 Å². The van der Waals surface area contributed by atoms with Crippen molar-refractivity contribution in [2.24, 2.45) is 0 Å². The molecule has 0 bridgehead atoms. The monoisotopic (exact) mass is 194 g/mol. The minimum absolute atomic E-state index is 0.587. The maximum atomic E-state index is 10.0. The average molecular weight is 195 g/mol. The van der Waals surface area contributed by atoms with Crippen molar-refractivity contribution in [3.05, 3.63) is 40.9 Å². The summed E-state index contributed by atoms with van der Waals surface area (Å²) in [6.07, 6.45) is 6.28. The van der Waals surface area contributed by atoms with Crippen LogP contribution in [-0.2, 0) is 4.79 Å². The van der Waals surface area contributed by atoms with E-state index in [4.69, 9.17) is 11.6 Å². The molecule has 0 saturated carbocycles. The number of carbonyl (C=O) groups is 1. The smallest absolute Gasteiger partial charge is 0.120 e. The van der Waals surface area contributed by atoms with Gasteiger partial charge in [-0.25, -0.2) is 0 Å². The molecule has 0 unspecified atom stereocenters. The van der Waals surface area contributed by atoms with Gasteiger partial charge in [-0.1, -0.05) is 35.9 Å². The molecule has 2 heteroatoms. The summed E-state index contributed by atoms with van der Waals surface area (Å²) in [5, 5.41) is 0.741. The fraction of sp³-hybridized carbons (Fsp3) is 0.182. The predicted octanol–water partition coefficient (Wildman–Crippen LogP) is 3.33. The largest absolute Gasteiger partial charge is 0.303 e. The van der Waals surface area contributed by atoms with Crippen molar-refractivity contribution < 1.29 is 4.79 Å². The summed E-state index contributed by atoms with van der Waals surface area (Å²) >= 11 is 5.73. The summed E-state index contributed by atoms with van der Waals surface area (Å²) in [6, 6.07) is 7.58. The average Bonchev–Trinajstić information content (AvgIpc) is 2.15. The Bertz CT molecular complexity index is 287. The van der Waals surface area contributed by atoms with Crippen LogP contribution in [0.15, 0.2) is 30.3 Å². The van der Waals surface area contributed by atoms with Crippen LogP contribution in [0, 0.1) is 0 Å². The normalized spacial score (nSPS) is 10.5. The van der Waals surface area contributed by atoms with Crippen molar-refractivity contribution >= 4 is 24.0 Å². The van der Waals surface area contributed by atoms with E-state index in [0.29, 0.717) is 6.42 Å². The van der Waals surface area contributed by atoms with Gasteiger partial charge in [-0.05, 0) is 24.1 Å². The van der Waals surface area contributed by atoms with E-state index in [9.17, 15) is 4.79 Å². The molecule has 0 aliphatic rings. The fourth-order valence-corrected chi connectivity index (χ4v) is 1.08. The summed E-state index contributed by atoms with van der Waals surface area (Å²) in [5.74, 6) is 0. The van der Waals surface area contributed by atoms with Crippen LogP contribution in [0.5, 0.6) is 0 Å². The first-order valence-electron chi connectivity index (χ1n) is 4.18. The second kappa shape index (κ2) is 5.55. The molecule has 0 N–H and O–H groups in total. The van der Waals surface area contributed by atoms with E-state index in [1.54, 1.807) is 0 Å². The molecular weight excluding hydrogens is 184 g/mol. The van der Waals surface area contributed by atoms with Crippen molar-refractivity contribution in [1.29, 1.82) is 0 Å². The zero-order valence-corrected chi connectivity index (χ0v) is 8.00. The fourth-order valence-electron chi connectivity index (χ4n) is 0.958. The van der Waals surface area contributed by atoms with Crippen LogP contribution in [0.4, 0.5) is 0 Å². The first-order chi connectivity index (χ1) is 6.33. The summed E-state index contributed by atoms with van der Waals surface area (Å²) in [5.41, 5.74) is 1.11. The number of hydrogen-bond acceptors (Lipinski definition) is 1. The third-order valence-electron chi connectivity index (χ3n) is 1.63. The predicted molar refractivity (Wildman–Crippen MR) is 55.8 cm³/mol. The highest BCUT2D eigenvalue weighted by atomic mass is 35.5. The minimum Gasteiger partial charge on any atom is -0.303 e. The molecule has 1 aromatic carbocycles. The maximum Gasteiger partial charge on any atom is 0.120 e. The van der Waals surface area contributed by atoms with Crippen LogP contribution in [0.1, 0.15) is 18.4 Å². The van der Waals surface area contributed by atoms with Crippen LogP contribution in [-0.4, -0.2) is 6.29 Å². The second-order valence-electron chi connectivity index (χ2n) is 2.70. The van der Waals surface area contributed by atoms with Crippen molar-refractivity contribution in [2.45, 2.75) is 12.8 Å². The third kappa shape index (κ3) is 3.90. The number of allylic oxidation sites excluding steroid dienone is 1. The van der Waals surface area contributed by atoms with Crippen molar-refractivity contribution in [1.82, 2.24) is 0 Å². The van der Waals surface area contributed by atoms with Crippen LogP contribution >= 0.6 is 11.6 Å². The molecule has 1 rings (SSSR count). The summed E-state index contributed by atoms with van der Waals surface area (Å²) in [4.78, 5) is 10.0. The third-order valence-corrected chi connectivity index (χ3v) is 1.88. The van der Waals surface area contributed by atoms with E-state index in [-0.39, 0.29) is 0 Å². The molecule has 0 spiro atoms. The summed E-state index contributed by atoms with van der Waals surface area (Å²) in [6.45, 7) is 0. The highest BCUT2D eigenvalue weighted by Crippen LogP contribution is 2.10. The van der Waals surface area contributed by atoms with Gasteiger partial charge in [-0.3, -0.25) is 0 Å². The Morgan fingerprint density at radius 3 is 2.46 bits per heavy atom. The first-order valence-corrected chi connectivity index (χ1v) is 4.56. The SMILES string of the molecule is O=CCC/C=C/c1ccc(Cl)cc1. The number of rotatable bonds is 4. The molecule has 1 aromatic rings. The van der Waals surface area contributed by atoms with Crippen molar-refractivity contribution in [2.75, 3.05) is 0 Å². The molecular formula is C11H11ClO. The maximum absolute atomic E-state index is 10.0. The van der Waals surface area contributed by atoms with E-state index in [2.05, 4.69) is 0 Å². The van der Waals surface area contributed by atoms with Crippen molar-refractivity contribution in [3.63, 3.8) is 0 Å². The number of halogens is 1. The molecule has 0 amide bonds. The van der Waals surface area contributed by atoms with Gasteiger partial charge < -0.3 is 4.79 Å². The van der Waals surface area contributed by atoms with E-state index < -0.39 is 0 Å². The Morgan fingerprint density at radius 2 is 1.85 bits per heavy atom. The standard InChI is InChI=1S/C11H11ClO/c12-11-7-5-10(6-8-11)4-2-1-3-9-13/h2,4-9H,1,3H2/b4-2+. The van der Waals surface area contributed by atoms with Gasteiger partial charge in [0, 0.05) is 11.4 Å². The Balaban J connectivity index is 2.49. The number of hydrogen-bond donors (Lipinski definition) is 0. The van der Waals surface area contributed by atoms with Gasteiger partial charge >= 0.3 is 0 Å². The lowest BCUT2D eigenvalue weighted by atomic mass is 10.2. The van der Waals surface area contributed by atoms with Gasteiger partial charge in [-0.15, -0.1) is 0 Å². The molecule has 0 aliphatic carbocycles. The molecule has 0 fully saturated rings. The Kier molecular flexibility index (Phi) is 4.27. The molecule has 0 aliphatic heterocycles. The van der Waals surface area contributed by atoms with E-state index in [1.807, 2.05) is 36.4 Å². The lowest BCUT2D eigenvalue weighted by molar-refractivity contribution is -0.107. The molecule has 0 saturated heterocycles. The van der Waals surface area contributed by atoms with E-state index in [1.165, 1.54) is 0 Å². The van der Waals surface area contributed by atoms with Gasteiger partial charge in [0.25, 0.3) is 0 Å². The van der Waals surface area contributed by atoms with E-state index >= 15 is 0 Å². The topological polar surface area (TPSA) is 17.1 Å². The lowest BCUT2D eigenvalue weighted by Gasteiger charge is -1.92. The summed E-state index contributed by atoms with van der Waals surface area (Å²) in [7, 11) is 0. The zero-order valence-electron chi connectivity index (χ0n) is 7.24. The van der Waals surface area contributed by atoms with Crippen LogP contribution < -0.4 is 0 Å². The van der Waals surface area contributed by atoms with Gasteiger partial charge in [0.2, 0.25) is 0 Å². The first kappa shape index (κ1) is 10.0. The Morgan fingerprint density at radius 1 is 1.15 bits per heavy atom. The molecule has 68 valence electrons. The molecule has 0 heterocycles. The Hall–Kier alpha value is -1.08. The number of aldehydes is 1. The van der Waals surface area contributed by atoms with Gasteiger partial charge in [-0.2, -0.15) is 0 Å². The number of carbonyl (C=O) groups excluding carboxylic acids is 1. The van der Waals surface area contributed by atoms with Gasteiger partial charge in [0.05, 0.1) is 0 Å². The molecule has 0 radical (unpaired) electrons. The summed E-state index contributed by atoms with van der Waals surface area (Å²) < 4.78 is 0. The second-order valence-corrected chi connectivity index (χ2v) is 3.13. The van der Waals surface area contributed by atoms with Crippen LogP contribution in [0.25, 0.3) is 6.08 Å². The number of unbranched alkanes of at least 4 members (excludes halogenated alkanes) is 1. The Labute approximate surface area is 83.0 Å². The molecule has 0 aromatic heterocycles. The highest BCUT2D eigenvalue weighted by Gasteiger charge is 1.86. The van der Waals surface area contributed by atoms with Crippen LogP contribution in [0.2, 0.25) is 5.02 Å². The van der Waals surface area contributed by atoms with Crippen molar-refractivity contribution in [3.8, 4) is 0 Å².